The minimum absolute atomic E-state index is 1.23. The Morgan fingerprint density at radius 3 is 1.20 bits per heavy atom. The number of benzene rings is 7. The first kappa shape index (κ1) is 27.2. The molecule has 0 unspecified atom stereocenters. The van der Waals surface area contributed by atoms with Crippen molar-refractivity contribution in [3.8, 4) is 44.6 Å². The Balaban J connectivity index is 1.44. The highest BCUT2D eigenvalue weighted by molar-refractivity contribution is 6.22. The normalized spacial score (nSPS) is 11.6. The molecule has 1 aromatic heterocycles. The Morgan fingerprint density at radius 2 is 0.733 bits per heavy atom. The maximum absolute atomic E-state index is 2.41. The first-order valence-corrected chi connectivity index (χ1v) is 15.8. The van der Waals surface area contributed by atoms with Gasteiger partial charge in [0.1, 0.15) is 0 Å². The fourth-order valence-electron chi connectivity index (χ4n) is 7.12. The van der Waals surface area contributed by atoms with Crippen LogP contribution in [-0.4, -0.2) is 4.57 Å². The molecule has 0 saturated heterocycles. The topological polar surface area (TPSA) is 4.93 Å². The van der Waals surface area contributed by atoms with Crippen LogP contribution in [-0.2, 0) is 7.05 Å². The Morgan fingerprint density at radius 1 is 0.356 bits per heavy atom. The molecule has 1 heterocycles. The molecule has 0 bridgehead atoms. The summed E-state index contributed by atoms with van der Waals surface area (Å²) in [5.74, 6) is 0. The van der Waals surface area contributed by atoms with Crippen molar-refractivity contribution in [2.75, 3.05) is 0 Å². The highest BCUT2D eigenvalue weighted by atomic mass is 15.0. The van der Waals surface area contributed by atoms with Gasteiger partial charge in [0.05, 0.1) is 5.69 Å². The molecule has 8 rings (SSSR count). The number of aromatic nitrogens is 1. The third kappa shape index (κ3) is 4.47. The van der Waals surface area contributed by atoms with Gasteiger partial charge in [-0.15, -0.1) is 0 Å². The Bertz CT molecular complexity index is 2310. The number of rotatable bonds is 4. The van der Waals surface area contributed by atoms with Crippen LogP contribution in [0.3, 0.4) is 0 Å². The second-order valence-electron chi connectivity index (χ2n) is 12.5. The van der Waals surface area contributed by atoms with Gasteiger partial charge in [0.15, 0.2) is 0 Å². The summed E-state index contributed by atoms with van der Waals surface area (Å²) in [7, 11) is 2.22. The molecular formula is C44H35N. The standard InChI is InChI=1S/C44H35N/c1-28-13-19-31(20-14-28)41-35-9-5-7-11-37(35)42(38-12-8-6-10-36(38)41)34-25-26-39-40(27-34)45(4)44(33-23-17-30(3)18-24-33)43(39)32-21-15-29(2)16-22-32/h5-27H,1-4H3. The van der Waals surface area contributed by atoms with Crippen molar-refractivity contribution in [3.63, 3.8) is 0 Å². The molecule has 0 saturated carbocycles. The maximum atomic E-state index is 2.41. The zero-order chi connectivity index (χ0) is 30.7. The van der Waals surface area contributed by atoms with E-state index in [9.17, 15) is 0 Å². The molecule has 0 aliphatic carbocycles. The Kier molecular flexibility index (Phi) is 6.43. The van der Waals surface area contributed by atoms with Crippen molar-refractivity contribution in [3.05, 3.63) is 156 Å². The van der Waals surface area contributed by atoms with Crippen LogP contribution in [0.25, 0.3) is 77.1 Å². The molecule has 0 fully saturated rings. The first-order chi connectivity index (χ1) is 22.0. The highest BCUT2D eigenvalue weighted by Crippen LogP contribution is 2.46. The summed E-state index contributed by atoms with van der Waals surface area (Å²) in [6, 6.07) is 51.8. The van der Waals surface area contributed by atoms with Crippen molar-refractivity contribution < 1.29 is 0 Å². The highest BCUT2D eigenvalue weighted by Gasteiger charge is 2.21. The summed E-state index contributed by atoms with van der Waals surface area (Å²) in [5.41, 5.74) is 15.1. The number of aryl methyl sites for hydroxylation is 4. The third-order valence-electron chi connectivity index (χ3n) is 9.43. The van der Waals surface area contributed by atoms with Crippen molar-refractivity contribution in [1.82, 2.24) is 4.57 Å². The summed E-state index contributed by atoms with van der Waals surface area (Å²) in [5, 5.41) is 6.38. The van der Waals surface area contributed by atoms with Crippen molar-refractivity contribution in [2.45, 2.75) is 20.8 Å². The smallest absolute Gasteiger partial charge is 0.0568 e. The number of hydrogen-bond donors (Lipinski definition) is 0. The van der Waals surface area contributed by atoms with Crippen LogP contribution in [0, 0.1) is 20.8 Å². The minimum atomic E-state index is 1.23. The van der Waals surface area contributed by atoms with Crippen LogP contribution >= 0.6 is 0 Å². The fourth-order valence-corrected chi connectivity index (χ4v) is 7.12. The van der Waals surface area contributed by atoms with Crippen LogP contribution in [0.2, 0.25) is 0 Å². The lowest BCUT2D eigenvalue weighted by molar-refractivity contribution is 0.979. The van der Waals surface area contributed by atoms with E-state index in [1.807, 2.05) is 0 Å². The molecule has 0 amide bonds. The number of nitrogens with zero attached hydrogens (tertiary/aromatic N) is 1. The lowest BCUT2D eigenvalue weighted by atomic mass is 9.85. The van der Waals surface area contributed by atoms with Crippen LogP contribution in [0.1, 0.15) is 16.7 Å². The van der Waals surface area contributed by atoms with Gasteiger partial charge < -0.3 is 4.57 Å². The average Bonchev–Trinajstić information content (AvgIpc) is 3.36. The average molecular weight is 578 g/mol. The van der Waals surface area contributed by atoms with E-state index in [2.05, 4.69) is 172 Å². The van der Waals surface area contributed by atoms with Crippen LogP contribution < -0.4 is 0 Å². The van der Waals surface area contributed by atoms with Gasteiger partial charge in [-0.2, -0.15) is 0 Å². The molecule has 8 aromatic rings. The Hall–Kier alpha value is -5.40. The summed E-state index contributed by atoms with van der Waals surface area (Å²) >= 11 is 0. The molecule has 0 radical (unpaired) electrons. The van der Waals surface area contributed by atoms with Gasteiger partial charge in [-0.1, -0.05) is 150 Å². The summed E-state index contributed by atoms with van der Waals surface area (Å²) in [6.45, 7) is 6.45. The SMILES string of the molecule is Cc1ccc(-c2c3ccccc3c(-c3ccc4c(-c5ccc(C)cc5)c(-c5ccc(C)cc5)n(C)c4c3)c3ccccc23)cc1. The van der Waals surface area contributed by atoms with Crippen LogP contribution in [0.4, 0.5) is 0 Å². The number of hydrogen-bond acceptors (Lipinski definition) is 0. The molecule has 0 aliphatic rings. The molecule has 7 aromatic carbocycles. The fraction of sp³-hybridized carbons (Fsp3) is 0.0909. The van der Waals surface area contributed by atoms with E-state index in [1.165, 1.54) is 93.8 Å². The van der Waals surface area contributed by atoms with Crippen molar-refractivity contribution in [2.24, 2.45) is 7.05 Å². The molecule has 45 heavy (non-hydrogen) atoms. The van der Waals surface area contributed by atoms with Gasteiger partial charge in [0.25, 0.3) is 0 Å². The van der Waals surface area contributed by atoms with E-state index in [0.29, 0.717) is 0 Å². The summed E-state index contributed by atoms with van der Waals surface area (Å²) < 4.78 is 2.39. The van der Waals surface area contributed by atoms with E-state index in [0.717, 1.165) is 0 Å². The quantitative estimate of drug-likeness (QED) is 0.183. The van der Waals surface area contributed by atoms with Crippen LogP contribution in [0.5, 0.6) is 0 Å². The van der Waals surface area contributed by atoms with Gasteiger partial charge >= 0.3 is 0 Å². The van der Waals surface area contributed by atoms with Crippen molar-refractivity contribution in [1.29, 1.82) is 0 Å². The van der Waals surface area contributed by atoms with E-state index >= 15 is 0 Å². The zero-order valence-corrected chi connectivity index (χ0v) is 26.2. The zero-order valence-electron chi connectivity index (χ0n) is 26.2. The van der Waals surface area contributed by atoms with Gasteiger partial charge in [0.2, 0.25) is 0 Å². The summed E-state index contributed by atoms with van der Waals surface area (Å²) in [6.07, 6.45) is 0. The molecule has 0 N–H and O–H groups in total. The molecule has 0 spiro atoms. The first-order valence-electron chi connectivity index (χ1n) is 15.8. The van der Waals surface area contributed by atoms with E-state index in [1.54, 1.807) is 0 Å². The Labute approximate surface area is 265 Å². The molecule has 0 aliphatic heterocycles. The largest absolute Gasteiger partial charge is 0.343 e. The molecule has 0 atom stereocenters. The van der Waals surface area contributed by atoms with E-state index in [-0.39, 0.29) is 0 Å². The van der Waals surface area contributed by atoms with Gasteiger partial charge in [0, 0.05) is 23.5 Å². The molecular weight excluding hydrogens is 542 g/mol. The van der Waals surface area contributed by atoms with Crippen molar-refractivity contribution >= 4 is 32.4 Å². The monoisotopic (exact) mass is 577 g/mol. The third-order valence-corrected chi connectivity index (χ3v) is 9.43. The lowest BCUT2D eigenvalue weighted by Crippen LogP contribution is -1.94. The molecule has 1 heteroatoms. The van der Waals surface area contributed by atoms with Gasteiger partial charge in [-0.05, 0) is 81.8 Å². The predicted octanol–water partition coefficient (Wildman–Crippen LogP) is 12.1. The maximum Gasteiger partial charge on any atom is 0.0568 e. The minimum Gasteiger partial charge on any atom is -0.343 e. The lowest BCUT2D eigenvalue weighted by Gasteiger charge is -2.18. The van der Waals surface area contributed by atoms with Crippen LogP contribution in [0.15, 0.2) is 140 Å². The number of fused-ring (bicyclic) bond motifs is 3. The molecule has 216 valence electrons. The molecule has 1 nitrogen and oxygen atoms in total. The van der Waals surface area contributed by atoms with Gasteiger partial charge in [-0.3, -0.25) is 0 Å². The van der Waals surface area contributed by atoms with E-state index < -0.39 is 0 Å². The second kappa shape index (κ2) is 10.6. The second-order valence-corrected chi connectivity index (χ2v) is 12.5. The predicted molar refractivity (Wildman–Crippen MR) is 194 cm³/mol. The van der Waals surface area contributed by atoms with Gasteiger partial charge in [-0.25, -0.2) is 0 Å². The summed E-state index contributed by atoms with van der Waals surface area (Å²) in [4.78, 5) is 0. The van der Waals surface area contributed by atoms with E-state index in [4.69, 9.17) is 0 Å².